The maximum absolute atomic E-state index is 4.61. The molecular formula is C18H22N2. The van der Waals surface area contributed by atoms with Crippen molar-refractivity contribution in [2.45, 2.75) is 32.2 Å². The number of benzene rings is 1. The molecule has 1 aromatic heterocycles. The summed E-state index contributed by atoms with van der Waals surface area (Å²) in [7, 11) is 2.06. The van der Waals surface area contributed by atoms with Gasteiger partial charge in [-0.3, -0.25) is 4.98 Å². The molecule has 0 saturated heterocycles. The van der Waals surface area contributed by atoms with E-state index in [1.165, 1.54) is 17.5 Å². The summed E-state index contributed by atoms with van der Waals surface area (Å²) in [5, 5.41) is 3.50. The molecule has 0 radical (unpaired) electrons. The fraction of sp³-hybridized carbons (Fsp3) is 0.389. The van der Waals surface area contributed by atoms with E-state index in [-0.39, 0.29) is 0 Å². The highest BCUT2D eigenvalue weighted by molar-refractivity contribution is 5.32. The van der Waals surface area contributed by atoms with Gasteiger partial charge < -0.3 is 5.32 Å². The maximum atomic E-state index is 4.61. The van der Waals surface area contributed by atoms with Crippen LogP contribution in [0.25, 0.3) is 0 Å². The summed E-state index contributed by atoms with van der Waals surface area (Å²) in [6.45, 7) is 4.17. The van der Waals surface area contributed by atoms with Crippen molar-refractivity contribution in [2.75, 3.05) is 7.05 Å². The van der Waals surface area contributed by atoms with Crippen LogP contribution in [0.4, 0.5) is 0 Å². The molecule has 2 heteroatoms. The molecule has 1 aliphatic rings. The molecule has 2 nitrogen and oxygen atoms in total. The zero-order valence-electron chi connectivity index (χ0n) is 12.4. The molecule has 1 heterocycles. The summed E-state index contributed by atoms with van der Waals surface area (Å²) in [4.78, 5) is 4.61. The van der Waals surface area contributed by atoms with Crippen molar-refractivity contribution < 1.29 is 0 Å². The molecule has 0 bridgehead atoms. The lowest BCUT2D eigenvalue weighted by molar-refractivity contribution is 0.513. The second kappa shape index (κ2) is 5.37. The topological polar surface area (TPSA) is 24.9 Å². The van der Waals surface area contributed by atoms with Crippen LogP contribution in [-0.4, -0.2) is 12.0 Å². The Morgan fingerprint density at radius 3 is 2.50 bits per heavy atom. The Kier molecular flexibility index (Phi) is 3.58. The van der Waals surface area contributed by atoms with Crippen molar-refractivity contribution in [3.8, 4) is 0 Å². The molecule has 3 atom stereocenters. The largest absolute Gasteiger partial charge is 0.313 e. The Morgan fingerprint density at radius 2 is 1.85 bits per heavy atom. The van der Waals surface area contributed by atoms with Crippen LogP contribution in [0.2, 0.25) is 0 Å². The lowest BCUT2D eigenvalue weighted by Crippen LogP contribution is -2.20. The zero-order valence-corrected chi connectivity index (χ0v) is 12.4. The van der Waals surface area contributed by atoms with Crippen molar-refractivity contribution in [1.29, 1.82) is 0 Å². The van der Waals surface area contributed by atoms with Gasteiger partial charge in [-0.15, -0.1) is 0 Å². The molecule has 0 spiro atoms. The molecule has 1 aromatic carbocycles. The predicted octanol–water partition coefficient (Wildman–Crippen LogP) is 3.76. The lowest BCUT2D eigenvalue weighted by Gasteiger charge is -2.19. The molecule has 1 N–H and O–H groups in total. The van der Waals surface area contributed by atoms with Crippen LogP contribution in [-0.2, 0) is 0 Å². The van der Waals surface area contributed by atoms with Gasteiger partial charge in [-0.25, -0.2) is 0 Å². The van der Waals surface area contributed by atoms with Crippen LogP contribution in [0.15, 0.2) is 42.5 Å². The highest BCUT2D eigenvalue weighted by Crippen LogP contribution is 2.54. The van der Waals surface area contributed by atoms with E-state index in [2.05, 4.69) is 73.7 Å². The minimum Gasteiger partial charge on any atom is -0.313 e. The van der Waals surface area contributed by atoms with Gasteiger partial charge in [-0.05, 0) is 56.3 Å². The molecule has 3 rings (SSSR count). The number of hydrogen-bond acceptors (Lipinski definition) is 2. The minimum atomic E-state index is 0.410. The number of rotatable bonds is 4. The molecule has 1 fully saturated rings. The summed E-state index contributed by atoms with van der Waals surface area (Å²) in [5.41, 5.74) is 5.07. The normalized spacial score (nSPS) is 22.6. The first-order valence-corrected chi connectivity index (χ1v) is 7.37. The summed E-state index contributed by atoms with van der Waals surface area (Å²) in [6, 6.07) is 15.6. The Morgan fingerprint density at radius 1 is 1.10 bits per heavy atom. The van der Waals surface area contributed by atoms with Crippen LogP contribution < -0.4 is 5.32 Å². The number of nitrogens with one attached hydrogen (secondary N) is 1. The molecule has 1 saturated carbocycles. The van der Waals surface area contributed by atoms with Crippen molar-refractivity contribution in [3.63, 3.8) is 0 Å². The van der Waals surface area contributed by atoms with Crippen molar-refractivity contribution >= 4 is 0 Å². The molecule has 0 aliphatic heterocycles. The highest BCUT2D eigenvalue weighted by Gasteiger charge is 2.44. The van der Waals surface area contributed by atoms with Gasteiger partial charge in [0.15, 0.2) is 0 Å². The Bertz CT molecular complexity index is 592. The summed E-state index contributed by atoms with van der Waals surface area (Å²) in [5.74, 6) is 1.37. The van der Waals surface area contributed by atoms with E-state index in [4.69, 9.17) is 0 Å². The third kappa shape index (κ3) is 2.48. The van der Waals surface area contributed by atoms with E-state index in [1.54, 1.807) is 0 Å². The van der Waals surface area contributed by atoms with E-state index in [0.29, 0.717) is 17.9 Å². The van der Waals surface area contributed by atoms with Crippen LogP contribution in [0.5, 0.6) is 0 Å². The number of pyridine rings is 1. The third-order valence-electron chi connectivity index (χ3n) is 4.41. The van der Waals surface area contributed by atoms with Gasteiger partial charge in [-0.1, -0.05) is 36.4 Å². The fourth-order valence-corrected chi connectivity index (χ4v) is 3.29. The first-order chi connectivity index (χ1) is 9.70. The predicted molar refractivity (Wildman–Crippen MR) is 82.8 cm³/mol. The number of aryl methyl sites for hydroxylation is 2. The molecule has 104 valence electrons. The van der Waals surface area contributed by atoms with Gasteiger partial charge >= 0.3 is 0 Å². The zero-order chi connectivity index (χ0) is 14.1. The molecular weight excluding hydrogens is 244 g/mol. The molecule has 1 aliphatic carbocycles. The van der Waals surface area contributed by atoms with Crippen LogP contribution in [0.1, 0.15) is 40.9 Å². The minimum absolute atomic E-state index is 0.410. The van der Waals surface area contributed by atoms with Crippen LogP contribution >= 0.6 is 0 Å². The second-order valence-corrected chi connectivity index (χ2v) is 5.81. The number of hydrogen-bond donors (Lipinski definition) is 1. The highest BCUT2D eigenvalue weighted by atomic mass is 14.9. The van der Waals surface area contributed by atoms with E-state index in [0.717, 1.165) is 11.4 Å². The average molecular weight is 266 g/mol. The van der Waals surface area contributed by atoms with E-state index in [9.17, 15) is 0 Å². The Hall–Kier alpha value is -1.67. The van der Waals surface area contributed by atoms with E-state index in [1.807, 2.05) is 0 Å². The molecule has 0 amide bonds. The van der Waals surface area contributed by atoms with E-state index >= 15 is 0 Å². The van der Waals surface area contributed by atoms with Gasteiger partial charge in [-0.2, -0.15) is 0 Å². The van der Waals surface area contributed by atoms with Crippen molar-refractivity contribution in [1.82, 2.24) is 10.3 Å². The van der Waals surface area contributed by atoms with Gasteiger partial charge in [0.05, 0.1) is 0 Å². The smallest absolute Gasteiger partial charge is 0.0423 e. The first kappa shape index (κ1) is 13.3. The summed E-state index contributed by atoms with van der Waals surface area (Å²) >= 11 is 0. The van der Waals surface area contributed by atoms with Crippen molar-refractivity contribution in [3.05, 3.63) is 65.0 Å². The standard InChI is InChI=1S/C18H22N2/c1-12-9-10-15(13(2)20-12)18(19-3)17-11-16(17)14-7-5-4-6-8-14/h4-10,16-19H,11H2,1-3H3. The molecule has 2 aromatic rings. The maximum Gasteiger partial charge on any atom is 0.0423 e. The van der Waals surface area contributed by atoms with Crippen LogP contribution in [0.3, 0.4) is 0 Å². The summed E-state index contributed by atoms with van der Waals surface area (Å²) < 4.78 is 0. The SMILES string of the molecule is CNC(c1ccc(C)nc1C)C1CC1c1ccccc1. The first-order valence-electron chi connectivity index (χ1n) is 7.37. The monoisotopic (exact) mass is 266 g/mol. The van der Waals surface area contributed by atoms with Crippen molar-refractivity contribution in [2.24, 2.45) is 5.92 Å². The second-order valence-electron chi connectivity index (χ2n) is 5.81. The van der Waals surface area contributed by atoms with Gasteiger partial charge in [0.2, 0.25) is 0 Å². The summed E-state index contributed by atoms with van der Waals surface area (Å²) in [6.07, 6.45) is 1.27. The third-order valence-corrected chi connectivity index (χ3v) is 4.41. The number of nitrogens with zero attached hydrogens (tertiary/aromatic N) is 1. The fourth-order valence-electron chi connectivity index (χ4n) is 3.29. The number of aromatic nitrogens is 1. The molecule has 3 unspecified atom stereocenters. The van der Waals surface area contributed by atoms with Gasteiger partial charge in [0, 0.05) is 17.4 Å². The van der Waals surface area contributed by atoms with E-state index < -0.39 is 0 Å². The Labute approximate surface area is 121 Å². The van der Waals surface area contributed by atoms with Crippen LogP contribution in [0, 0.1) is 19.8 Å². The Balaban J connectivity index is 1.82. The van der Waals surface area contributed by atoms with Gasteiger partial charge in [0.25, 0.3) is 0 Å². The quantitative estimate of drug-likeness (QED) is 0.911. The lowest BCUT2D eigenvalue weighted by atomic mass is 9.97. The molecule has 20 heavy (non-hydrogen) atoms. The van der Waals surface area contributed by atoms with Gasteiger partial charge in [0.1, 0.15) is 0 Å². The average Bonchev–Trinajstić information content (AvgIpc) is 3.23.